The van der Waals surface area contributed by atoms with Crippen LogP contribution >= 0.6 is 0 Å². The fourth-order valence-electron chi connectivity index (χ4n) is 3.05. The number of rotatable bonds is 5. The van der Waals surface area contributed by atoms with Gasteiger partial charge in [-0.3, -0.25) is 0 Å². The Hall–Kier alpha value is -0.400. The van der Waals surface area contributed by atoms with E-state index in [0.717, 1.165) is 0 Å². The van der Waals surface area contributed by atoms with Gasteiger partial charge in [-0.2, -0.15) is 0 Å². The van der Waals surface area contributed by atoms with Gasteiger partial charge in [0.25, 0.3) is 0 Å². The van der Waals surface area contributed by atoms with Crippen LogP contribution in [0.5, 0.6) is 0 Å². The van der Waals surface area contributed by atoms with E-state index >= 15 is 0 Å². The molecular formula is C14H26O10. The first-order chi connectivity index (χ1) is 11.3. The van der Waals surface area contributed by atoms with Crippen molar-refractivity contribution in [2.24, 2.45) is 0 Å². The second kappa shape index (κ2) is 8.32. The monoisotopic (exact) mass is 354 g/mol. The molecular weight excluding hydrogens is 328 g/mol. The summed E-state index contributed by atoms with van der Waals surface area (Å²) < 4.78 is 21.2. The van der Waals surface area contributed by atoms with Crippen LogP contribution in [0.25, 0.3) is 0 Å². The number of aliphatic hydroxyl groups excluding tert-OH is 6. The zero-order chi connectivity index (χ0) is 18.0. The Morgan fingerprint density at radius 1 is 0.792 bits per heavy atom. The third kappa shape index (κ3) is 3.73. The van der Waals surface area contributed by atoms with E-state index in [0.29, 0.717) is 0 Å². The summed E-state index contributed by atoms with van der Waals surface area (Å²) >= 11 is 0. The van der Waals surface area contributed by atoms with E-state index in [1.165, 1.54) is 14.0 Å². The molecule has 6 N–H and O–H groups in total. The van der Waals surface area contributed by atoms with Crippen molar-refractivity contribution in [2.45, 2.75) is 68.1 Å². The minimum atomic E-state index is -1.53. The fourth-order valence-corrected chi connectivity index (χ4v) is 3.05. The Bertz CT molecular complexity index is 392. The predicted molar refractivity (Wildman–Crippen MR) is 76.9 cm³/mol. The van der Waals surface area contributed by atoms with Crippen molar-refractivity contribution < 1.29 is 49.6 Å². The highest BCUT2D eigenvalue weighted by molar-refractivity contribution is 4.95. The molecule has 10 nitrogen and oxygen atoms in total. The topological polar surface area (TPSA) is 158 Å². The van der Waals surface area contributed by atoms with Crippen LogP contribution in [0, 0.1) is 0 Å². The standard InChI is InChI=1S/C14H26O10/c1-5-8(17)9(18)13(7(4-16)22-5)24-14-11(20)10(19)12(21-2)6(3-15)23-14/h5-20H,3-4H2,1-2H3/t5-,6+,7+,8-,9+,10+,11+,12+,13+,14-/m0/s1. The fraction of sp³-hybridized carbons (Fsp3) is 1.00. The van der Waals surface area contributed by atoms with Crippen LogP contribution in [0.3, 0.4) is 0 Å². The van der Waals surface area contributed by atoms with Crippen molar-refractivity contribution >= 4 is 0 Å². The maximum atomic E-state index is 10.2. The van der Waals surface area contributed by atoms with E-state index < -0.39 is 74.4 Å². The molecule has 0 unspecified atom stereocenters. The Labute approximate surface area is 139 Å². The molecule has 0 aromatic carbocycles. The van der Waals surface area contributed by atoms with E-state index in [-0.39, 0.29) is 0 Å². The number of hydrogen-bond donors (Lipinski definition) is 6. The van der Waals surface area contributed by atoms with Crippen LogP contribution in [-0.2, 0) is 18.9 Å². The van der Waals surface area contributed by atoms with Crippen LogP contribution < -0.4 is 0 Å². The third-order valence-electron chi connectivity index (χ3n) is 4.49. The zero-order valence-corrected chi connectivity index (χ0v) is 13.5. The van der Waals surface area contributed by atoms with Crippen molar-refractivity contribution in [1.29, 1.82) is 0 Å². The van der Waals surface area contributed by atoms with E-state index in [2.05, 4.69) is 0 Å². The molecule has 0 radical (unpaired) electrons. The van der Waals surface area contributed by atoms with Gasteiger partial charge in [0.05, 0.1) is 19.3 Å². The van der Waals surface area contributed by atoms with Gasteiger partial charge >= 0.3 is 0 Å². The Kier molecular flexibility index (Phi) is 6.90. The summed E-state index contributed by atoms with van der Waals surface area (Å²) in [5.41, 5.74) is 0. The molecule has 0 amide bonds. The molecule has 0 aromatic rings. The Balaban J connectivity index is 2.12. The molecule has 2 rings (SSSR count). The molecule has 2 aliphatic heterocycles. The van der Waals surface area contributed by atoms with Gasteiger partial charge in [-0.15, -0.1) is 0 Å². The first kappa shape index (κ1) is 19.9. The molecule has 10 heteroatoms. The van der Waals surface area contributed by atoms with Gasteiger partial charge in [-0.25, -0.2) is 0 Å². The average Bonchev–Trinajstić information content (AvgIpc) is 2.58. The molecule has 0 aromatic heterocycles. The van der Waals surface area contributed by atoms with Crippen LogP contribution in [-0.4, -0.2) is 112 Å². The maximum Gasteiger partial charge on any atom is 0.187 e. The second-order valence-electron chi connectivity index (χ2n) is 6.05. The van der Waals surface area contributed by atoms with E-state index in [4.69, 9.17) is 18.9 Å². The number of hydrogen-bond acceptors (Lipinski definition) is 10. The minimum absolute atomic E-state index is 0.491. The van der Waals surface area contributed by atoms with Gasteiger partial charge in [-0.05, 0) is 6.92 Å². The number of aliphatic hydroxyl groups is 6. The molecule has 0 spiro atoms. The lowest BCUT2D eigenvalue weighted by Crippen LogP contribution is -2.64. The average molecular weight is 354 g/mol. The molecule has 24 heavy (non-hydrogen) atoms. The van der Waals surface area contributed by atoms with Gasteiger partial charge in [0, 0.05) is 7.11 Å². The molecule has 2 heterocycles. The first-order valence-corrected chi connectivity index (χ1v) is 7.78. The highest BCUT2D eigenvalue weighted by atomic mass is 16.7. The quantitative estimate of drug-likeness (QED) is 0.290. The van der Waals surface area contributed by atoms with E-state index in [9.17, 15) is 30.6 Å². The highest BCUT2D eigenvalue weighted by Crippen LogP contribution is 2.29. The lowest BCUT2D eigenvalue weighted by molar-refractivity contribution is -0.343. The molecule has 0 aliphatic carbocycles. The molecule has 0 saturated carbocycles. The Morgan fingerprint density at radius 3 is 1.88 bits per heavy atom. The Morgan fingerprint density at radius 2 is 1.33 bits per heavy atom. The van der Waals surface area contributed by atoms with Gasteiger partial charge in [0.1, 0.15) is 48.8 Å². The van der Waals surface area contributed by atoms with E-state index in [1.807, 2.05) is 0 Å². The minimum Gasteiger partial charge on any atom is -0.394 e. The maximum absolute atomic E-state index is 10.2. The first-order valence-electron chi connectivity index (χ1n) is 7.78. The molecule has 10 atom stereocenters. The summed E-state index contributed by atoms with van der Waals surface area (Å²) in [5, 5.41) is 59.0. The number of ether oxygens (including phenoxy) is 4. The van der Waals surface area contributed by atoms with Crippen LogP contribution in [0.1, 0.15) is 6.92 Å². The largest absolute Gasteiger partial charge is 0.394 e. The molecule has 2 aliphatic rings. The summed E-state index contributed by atoms with van der Waals surface area (Å²) in [5.74, 6) is 0. The lowest BCUT2D eigenvalue weighted by Gasteiger charge is -2.46. The van der Waals surface area contributed by atoms with E-state index in [1.54, 1.807) is 0 Å². The van der Waals surface area contributed by atoms with Crippen molar-refractivity contribution in [1.82, 2.24) is 0 Å². The highest BCUT2D eigenvalue weighted by Gasteiger charge is 2.50. The van der Waals surface area contributed by atoms with Crippen molar-refractivity contribution in [2.75, 3.05) is 20.3 Å². The smallest absolute Gasteiger partial charge is 0.187 e. The molecule has 2 fully saturated rings. The van der Waals surface area contributed by atoms with Crippen molar-refractivity contribution in [3.63, 3.8) is 0 Å². The summed E-state index contributed by atoms with van der Waals surface area (Å²) in [6, 6.07) is 0. The van der Waals surface area contributed by atoms with Crippen LogP contribution in [0.4, 0.5) is 0 Å². The van der Waals surface area contributed by atoms with Gasteiger partial charge in [0.15, 0.2) is 6.29 Å². The summed E-state index contributed by atoms with van der Waals surface area (Å²) in [6.45, 7) is 0.552. The van der Waals surface area contributed by atoms with Crippen LogP contribution in [0.2, 0.25) is 0 Å². The van der Waals surface area contributed by atoms with Crippen molar-refractivity contribution in [3.8, 4) is 0 Å². The molecule has 0 bridgehead atoms. The lowest BCUT2D eigenvalue weighted by atomic mass is 9.95. The third-order valence-corrected chi connectivity index (χ3v) is 4.49. The summed E-state index contributed by atoms with van der Waals surface area (Å²) in [6.07, 6.45) is -11.8. The molecule has 142 valence electrons. The summed E-state index contributed by atoms with van der Waals surface area (Å²) in [4.78, 5) is 0. The normalized spacial score (nSPS) is 50.0. The van der Waals surface area contributed by atoms with Gasteiger partial charge < -0.3 is 49.6 Å². The molecule has 2 saturated heterocycles. The van der Waals surface area contributed by atoms with Gasteiger partial charge in [0.2, 0.25) is 0 Å². The van der Waals surface area contributed by atoms with Crippen LogP contribution in [0.15, 0.2) is 0 Å². The van der Waals surface area contributed by atoms with Gasteiger partial charge in [-0.1, -0.05) is 0 Å². The number of methoxy groups -OCH3 is 1. The SMILES string of the molecule is CO[C@H]1[C@H](O)[C@@H](O)[C@H](O[C@H]2[C@H](O)[C@@H](O)[C@H](C)O[C@@H]2CO)O[C@@H]1CO. The predicted octanol–water partition coefficient (Wildman–Crippen LogP) is -3.67. The second-order valence-corrected chi connectivity index (χ2v) is 6.05. The zero-order valence-electron chi connectivity index (χ0n) is 13.5. The van der Waals surface area contributed by atoms with Crippen molar-refractivity contribution in [3.05, 3.63) is 0 Å². The summed E-state index contributed by atoms with van der Waals surface area (Å²) in [7, 11) is 1.30.